The van der Waals surface area contributed by atoms with Crippen molar-refractivity contribution >= 4 is 23.8 Å². The highest BCUT2D eigenvalue weighted by atomic mass is 16.2. The van der Waals surface area contributed by atoms with Crippen molar-refractivity contribution in [1.82, 2.24) is 15.5 Å². The minimum atomic E-state index is -0.613. The maximum atomic E-state index is 12.4. The molecule has 6 nitrogen and oxygen atoms in total. The summed E-state index contributed by atoms with van der Waals surface area (Å²) in [5.74, 6) is -0.622. The van der Waals surface area contributed by atoms with Crippen molar-refractivity contribution in [2.75, 3.05) is 6.54 Å². The smallest absolute Gasteiger partial charge is 0.242 e. The van der Waals surface area contributed by atoms with E-state index in [0.717, 1.165) is 11.1 Å². The molecule has 0 saturated carbocycles. The summed E-state index contributed by atoms with van der Waals surface area (Å²) in [5, 5.41) is 5.36. The highest BCUT2D eigenvalue weighted by molar-refractivity contribution is 5.88. The van der Waals surface area contributed by atoms with Crippen LogP contribution in [-0.2, 0) is 14.4 Å². The summed E-state index contributed by atoms with van der Waals surface area (Å²) in [6.45, 7) is 5.45. The second-order valence-corrected chi connectivity index (χ2v) is 5.77. The Morgan fingerprint density at radius 1 is 1.25 bits per heavy atom. The molecule has 2 N–H and O–H groups in total. The average molecular weight is 329 g/mol. The van der Waals surface area contributed by atoms with Gasteiger partial charge in [-0.1, -0.05) is 24.3 Å². The van der Waals surface area contributed by atoms with Crippen molar-refractivity contribution in [3.05, 3.63) is 41.6 Å². The molecule has 0 radical (unpaired) electrons. The fourth-order valence-corrected chi connectivity index (χ4v) is 2.78. The third kappa shape index (κ3) is 4.01. The van der Waals surface area contributed by atoms with Crippen LogP contribution >= 0.6 is 0 Å². The number of rotatable bonds is 5. The van der Waals surface area contributed by atoms with Gasteiger partial charge in [0.15, 0.2) is 0 Å². The van der Waals surface area contributed by atoms with Crippen molar-refractivity contribution in [1.29, 1.82) is 0 Å². The number of carbonyl (C=O) groups excluding carboxylic acids is 3. The molecular formula is C18H23N3O3. The SMILES string of the molecule is CCNC(=O)[C@H](C)NC(=O)C[C@H]1c2ccccc2C=CN1C(C)=O. The van der Waals surface area contributed by atoms with Gasteiger partial charge in [-0.15, -0.1) is 0 Å². The Bertz CT molecular complexity index is 669. The molecule has 0 unspecified atom stereocenters. The summed E-state index contributed by atoms with van der Waals surface area (Å²) in [4.78, 5) is 37.5. The third-order valence-corrected chi connectivity index (χ3v) is 3.97. The summed E-state index contributed by atoms with van der Waals surface area (Å²) in [6.07, 6.45) is 3.67. The van der Waals surface area contributed by atoms with Crippen LogP contribution < -0.4 is 10.6 Å². The zero-order valence-electron chi connectivity index (χ0n) is 14.2. The Morgan fingerprint density at radius 2 is 1.96 bits per heavy atom. The molecule has 1 aromatic rings. The van der Waals surface area contributed by atoms with Crippen molar-refractivity contribution in [2.24, 2.45) is 0 Å². The van der Waals surface area contributed by atoms with Crippen LogP contribution in [0.3, 0.4) is 0 Å². The maximum Gasteiger partial charge on any atom is 0.242 e. The number of fused-ring (bicyclic) bond motifs is 1. The van der Waals surface area contributed by atoms with Crippen LogP contribution in [0.4, 0.5) is 0 Å². The number of nitrogens with one attached hydrogen (secondary N) is 2. The van der Waals surface area contributed by atoms with Gasteiger partial charge in [0, 0.05) is 19.7 Å². The van der Waals surface area contributed by atoms with Crippen LogP contribution in [0.2, 0.25) is 0 Å². The van der Waals surface area contributed by atoms with E-state index in [4.69, 9.17) is 0 Å². The molecule has 0 aromatic heterocycles. The van der Waals surface area contributed by atoms with Gasteiger partial charge in [-0.05, 0) is 31.1 Å². The van der Waals surface area contributed by atoms with E-state index >= 15 is 0 Å². The van der Waals surface area contributed by atoms with Crippen molar-refractivity contribution in [2.45, 2.75) is 39.3 Å². The molecule has 0 fully saturated rings. The molecule has 24 heavy (non-hydrogen) atoms. The lowest BCUT2D eigenvalue weighted by molar-refractivity contribution is -0.132. The fourth-order valence-electron chi connectivity index (χ4n) is 2.78. The van der Waals surface area contributed by atoms with Crippen molar-refractivity contribution in [3.63, 3.8) is 0 Å². The standard InChI is InChI=1S/C18H23N3O3/c1-4-19-18(24)12(2)20-17(23)11-16-15-8-6-5-7-14(15)9-10-21(16)13(3)22/h5-10,12,16H,4,11H2,1-3H3,(H,19,24)(H,20,23)/t12-,16-/m0/s1. The molecule has 1 aromatic carbocycles. The van der Waals surface area contributed by atoms with Crippen molar-refractivity contribution < 1.29 is 14.4 Å². The lowest BCUT2D eigenvalue weighted by atomic mass is 9.93. The van der Waals surface area contributed by atoms with Crippen LogP contribution in [0.1, 0.15) is 44.4 Å². The van der Waals surface area contributed by atoms with E-state index in [1.807, 2.05) is 37.3 Å². The Labute approximate surface area is 141 Å². The molecule has 1 heterocycles. The van der Waals surface area contributed by atoms with E-state index < -0.39 is 6.04 Å². The lowest BCUT2D eigenvalue weighted by Crippen LogP contribution is -2.45. The highest BCUT2D eigenvalue weighted by Crippen LogP contribution is 2.32. The topological polar surface area (TPSA) is 78.5 Å². The summed E-state index contributed by atoms with van der Waals surface area (Å²) < 4.78 is 0. The van der Waals surface area contributed by atoms with Gasteiger partial charge in [0.05, 0.1) is 12.5 Å². The van der Waals surface area contributed by atoms with E-state index in [1.165, 1.54) is 6.92 Å². The minimum Gasteiger partial charge on any atom is -0.355 e. The van der Waals surface area contributed by atoms with E-state index in [1.54, 1.807) is 18.0 Å². The fraction of sp³-hybridized carbons (Fsp3) is 0.389. The van der Waals surface area contributed by atoms with Gasteiger partial charge in [0.25, 0.3) is 0 Å². The Kier molecular flexibility index (Phi) is 5.73. The minimum absolute atomic E-state index is 0.102. The summed E-state index contributed by atoms with van der Waals surface area (Å²) in [6, 6.07) is 6.69. The van der Waals surface area contributed by atoms with Gasteiger partial charge in [-0.3, -0.25) is 14.4 Å². The number of benzene rings is 1. The van der Waals surface area contributed by atoms with Gasteiger partial charge >= 0.3 is 0 Å². The van der Waals surface area contributed by atoms with Gasteiger partial charge in [-0.25, -0.2) is 0 Å². The molecule has 0 bridgehead atoms. The Hall–Kier alpha value is -2.63. The summed E-state index contributed by atoms with van der Waals surface area (Å²) in [5.41, 5.74) is 1.92. The Morgan fingerprint density at radius 3 is 2.62 bits per heavy atom. The normalized spacial score (nSPS) is 17.0. The lowest BCUT2D eigenvalue weighted by Gasteiger charge is -2.32. The zero-order valence-corrected chi connectivity index (χ0v) is 14.2. The summed E-state index contributed by atoms with van der Waals surface area (Å²) in [7, 11) is 0. The first kappa shape index (κ1) is 17.7. The zero-order chi connectivity index (χ0) is 17.7. The Balaban J connectivity index is 2.13. The average Bonchev–Trinajstić information content (AvgIpc) is 2.54. The monoisotopic (exact) mass is 329 g/mol. The molecule has 0 aliphatic carbocycles. The van der Waals surface area contributed by atoms with Crippen LogP contribution in [0.5, 0.6) is 0 Å². The molecule has 1 aliphatic rings. The quantitative estimate of drug-likeness (QED) is 0.861. The number of hydrogen-bond donors (Lipinski definition) is 2. The molecule has 1 aliphatic heterocycles. The molecule has 3 amide bonds. The van der Waals surface area contributed by atoms with Gasteiger partial charge in [0.1, 0.15) is 6.04 Å². The highest BCUT2D eigenvalue weighted by Gasteiger charge is 2.28. The largest absolute Gasteiger partial charge is 0.355 e. The maximum absolute atomic E-state index is 12.4. The van der Waals surface area contributed by atoms with Crippen LogP contribution in [0, 0.1) is 0 Å². The van der Waals surface area contributed by atoms with Gasteiger partial charge in [0.2, 0.25) is 17.7 Å². The first-order chi connectivity index (χ1) is 11.4. The molecular weight excluding hydrogens is 306 g/mol. The number of carbonyl (C=O) groups is 3. The van der Waals surface area contributed by atoms with Crippen LogP contribution in [0.25, 0.3) is 6.08 Å². The number of amides is 3. The van der Waals surface area contributed by atoms with Crippen LogP contribution in [0.15, 0.2) is 30.5 Å². The molecule has 128 valence electrons. The summed E-state index contributed by atoms with van der Waals surface area (Å²) >= 11 is 0. The van der Waals surface area contributed by atoms with Crippen molar-refractivity contribution in [3.8, 4) is 0 Å². The first-order valence-electron chi connectivity index (χ1n) is 8.07. The van der Waals surface area contributed by atoms with Crippen LogP contribution in [-0.4, -0.2) is 35.2 Å². The third-order valence-electron chi connectivity index (χ3n) is 3.97. The number of nitrogens with zero attached hydrogens (tertiary/aromatic N) is 1. The van der Waals surface area contributed by atoms with E-state index in [2.05, 4.69) is 10.6 Å². The molecule has 2 rings (SSSR count). The molecule has 0 saturated heterocycles. The number of hydrogen-bond acceptors (Lipinski definition) is 3. The first-order valence-corrected chi connectivity index (χ1v) is 8.07. The number of likely N-dealkylation sites (N-methyl/N-ethyl adjacent to an activating group) is 1. The van der Waals surface area contributed by atoms with E-state index in [9.17, 15) is 14.4 Å². The molecule has 0 spiro atoms. The van der Waals surface area contributed by atoms with Gasteiger partial charge < -0.3 is 15.5 Å². The predicted octanol–water partition coefficient (Wildman–Crippen LogP) is 1.59. The molecule has 2 atom stereocenters. The second-order valence-electron chi connectivity index (χ2n) is 5.77. The second kappa shape index (κ2) is 7.77. The van der Waals surface area contributed by atoms with Gasteiger partial charge in [-0.2, -0.15) is 0 Å². The van der Waals surface area contributed by atoms with E-state index in [0.29, 0.717) is 6.54 Å². The predicted molar refractivity (Wildman–Crippen MR) is 91.6 cm³/mol. The molecule has 6 heteroatoms. The van der Waals surface area contributed by atoms with E-state index in [-0.39, 0.29) is 30.2 Å².